The summed E-state index contributed by atoms with van der Waals surface area (Å²) < 4.78 is 31.3. The van der Waals surface area contributed by atoms with Crippen molar-refractivity contribution in [2.75, 3.05) is 22.8 Å². The summed E-state index contributed by atoms with van der Waals surface area (Å²) in [6.45, 7) is 4.46. The van der Waals surface area contributed by atoms with Crippen LogP contribution in [0, 0.1) is 0 Å². The van der Waals surface area contributed by atoms with Gasteiger partial charge in [-0.25, -0.2) is 8.42 Å². The fourth-order valence-electron chi connectivity index (χ4n) is 2.99. The first-order valence-corrected chi connectivity index (χ1v) is 11.9. The SMILES string of the molecule is CCS(=O)(=O)Nc1ccc(-c2nnc(SCC(=O)N3CCCCC3C)o2)cc1. The molecule has 1 fully saturated rings. The molecule has 28 heavy (non-hydrogen) atoms. The minimum Gasteiger partial charge on any atom is -0.411 e. The molecule has 1 atom stereocenters. The van der Waals surface area contributed by atoms with Crippen molar-refractivity contribution >= 4 is 33.4 Å². The highest BCUT2D eigenvalue weighted by Gasteiger charge is 2.23. The number of piperidine rings is 1. The molecule has 1 aromatic carbocycles. The molecule has 3 rings (SSSR count). The van der Waals surface area contributed by atoms with Gasteiger partial charge in [0.25, 0.3) is 5.22 Å². The number of benzene rings is 1. The van der Waals surface area contributed by atoms with Crippen LogP contribution >= 0.6 is 11.8 Å². The first kappa shape index (κ1) is 20.7. The quantitative estimate of drug-likeness (QED) is 0.681. The maximum atomic E-state index is 12.4. The molecule has 1 unspecified atom stereocenters. The van der Waals surface area contributed by atoms with Crippen molar-refractivity contribution in [3.63, 3.8) is 0 Å². The Morgan fingerprint density at radius 3 is 2.71 bits per heavy atom. The zero-order valence-corrected chi connectivity index (χ0v) is 17.6. The third-order valence-corrected chi connectivity index (χ3v) is 6.74. The molecular weight excluding hydrogens is 400 g/mol. The lowest BCUT2D eigenvalue weighted by molar-refractivity contribution is -0.131. The van der Waals surface area contributed by atoms with Crippen LogP contribution in [-0.2, 0) is 14.8 Å². The Hall–Kier alpha value is -2.07. The Morgan fingerprint density at radius 1 is 1.29 bits per heavy atom. The standard InChI is InChI=1S/C18H24N4O4S2/c1-3-28(24,25)21-15-9-7-14(8-10-15)17-19-20-18(26-17)27-12-16(23)22-11-5-4-6-13(22)2/h7-10,13,21H,3-6,11-12H2,1-2H3. The fourth-order valence-corrected chi connectivity index (χ4v) is 4.28. The van der Waals surface area contributed by atoms with Crippen molar-refractivity contribution in [1.82, 2.24) is 15.1 Å². The number of nitrogens with zero attached hydrogens (tertiary/aromatic N) is 3. The van der Waals surface area contributed by atoms with Crippen LogP contribution in [0.15, 0.2) is 33.9 Å². The van der Waals surface area contributed by atoms with Gasteiger partial charge in [0.2, 0.25) is 21.8 Å². The number of amides is 1. The Kier molecular flexibility index (Phi) is 6.61. The lowest BCUT2D eigenvalue weighted by Crippen LogP contribution is -2.42. The van der Waals surface area contributed by atoms with Gasteiger partial charge in [0, 0.05) is 23.8 Å². The number of sulfonamides is 1. The van der Waals surface area contributed by atoms with E-state index >= 15 is 0 Å². The predicted octanol–water partition coefficient (Wildman–Crippen LogP) is 2.99. The van der Waals surface area contributed by atoms with Gasteiger partial charge >= 0.3 is 0 Å². The van der Waals surface area contributed by atoms with Gasteiger partial charge in [-0.1, -0.05) is 11.8 Å². The first-order valence-electron chi connectivity index (χ1n) is 9.24. The van der Waals surface area contributed by atoms with E-state index in [0.717, 1.165) is 19.4 Å². The predicted molar refractivity (Wildman–Crippen MR) is 109 cm³/mol. The maximum absolute atomic E-state index is 12.4. The number of thioether (sulfide) groups is 1. The van der Waals surface area contributed by atoms with E-state index in [1.807, 2.05) is 4.90 Å². The van der Waals surface area contributed by atoms with Gasteiger partial charge in [-0.3, -0.25) is 9.52 Å². The van der Waals surface area contributed by atoms with Crippen LogP contribution in [0.1, 0.15) is 33.1 Å². The summed E-state index contributed by atoms with van der Waals surface area (Å²) >= 11 is 1.23. The van der Waals surface area contributed by atoms with Gasteiger partial charge in [0.1, 0.15) is 0 Å². The number of carbonyl (C=O) groups excluding carboxylic acids is 1. The Balaban J connectivity index is 1.58. The van der Waals surface area contributed by atoms with Crippen LogP contribution in [0.2, 0.25) is 0 Å². The Labute approximate surface area is 169 Å². The van der Waals surface area contributed by atoms with Crippen LogP contribution in [0.3, 0.4) is 0 Å². The number of likely N-dealkylation sites (tertiary alicyclic amines) is 1. The zero-order valence-electron chi connectivity index (χ0n) is 15.9. The van der Waals surface area contributed by atoms with E-state index < -0.39 is 10.0 Å². The normalized spacial score (nSPS) is 17.5. The van der Waals surface area contributed by atoms with E-state index in [1.165, 1.54) is 18.2 Å². The summed E-state index contributed by atoms with van der Waals surface area (Å²) in [6.07, 6.45) is 3.27. The molecule has 0 bridgehead atoms. The topological polar surface area (TPSA) is 105 Å². The number of aromatic nitrogens is 2. The molecule has 1 aliphatic heterocycles. The molecule has 0 radical (unpaired) electrons. The monoisotopic (exact) mass is 424 g/mol. The second kappa shape index (κ2) is 8.95. The first-order chi connectivity index (χ1) is 13.4. The number of carbonyl (C=O) groups is 1. The van der Waals surface area contributed by atoms with Crippen molar-refractivity contribution < 1.29 is 17.6 Å². The van der Waals surface area contributed by atoms with Crippen molar-refractivity contribution in [2.45, 2.75) is 44.4 Å². The van der Waals surface area contributed by atoms with Crippen molar-refractivity contribution in [1.29, 1.82) is 0 Å². The molecule has 0 aliphatic carbocycles. The molecular formula is C18H24N4O4S2. The minimum atomic E-state index is -3.32. The van der Waals surface area contributed by atoms with E-state index in [2.05, 4.69) is 21.8 Å². The Morgan fingerprint density at radius 2 is 2.04 bits per heavy atom. The number of nitrogens with one attached hydrogen (secondary N) is 1. The number of hydrogen-bond acceptors (Lipinski definition) is 7. The summed E-state index contributed by atoms with van der Waals surface area (Å²) in [4.78, 5) is 14.3. The van der Waals surface area contributed by atoms with E-state index in [-0.39, 0.29) is 23.5 Å². The lowest BCUT2D eigenvalue weighted by Gasteiger charge is -2.33. The van der Waals surface area contributed by atoms with Crippen molar-refractivity contribution in [3.8, 4) is 11.5 Å². The molecule has 1 N–H and O–H groups in total. The molecule has 1 amide bonds. The molecule has 152 valence electrons. The van der Waals surface area contributed by atoms with E-state index in [4.69, 9.17) is 4.42 Å². The summed E-state index contributed by atoms with van der Waals surface area (Å²) in [6, 6.07) is 6.97. The van der Waals surface area contributed by atoms with E-state index in [0.29, 0.717) is 22.4 Å². The molecule has 1 saturated heterocycles. The number of rotatable bonds is 7. The van der Waals surface area contributed by atoms with Gasteiger partial charge < -0.3 is 9.32 Å². The fraction of sp³-hybridized carbons (Fsp3) is 0.500. The molecule has 10 heteroatoms. The molecule has 2 heterocycles. The van der Waals surface area contributed by atoms with Crippen LogP contribution < -0.4 is 4.72 Å². The average molecular weight is 425 g/mol. The third kappa shape index (κ3) is 5.26. The van der Waals surface area contributed by atoms with Crippen LogP contribution in [-0.4, -0.2) is 53.5 Å². The maximum Gasteiger partial charge on any atom is 0.277 e. The molecule has 1 aliphatic rings. The third-order valence-electron chi connectivity index (χ3n) is 4.63. The molecule has 2 aromatic rings. The summed E-state index contributed by atoms with van der Waals surface area (Å²) in [5.41, 5.74) is 1.15. The number of hydrogen-bond donors (Lipinski definition) is 1. The smallest absolute Gasteiger partial charge is 0.277 e. The molecule has 1 aromatic heterocycles. The Bertz CT molecular complexity index is 912. The average Bonchev–Trinajstić information content (AvgIpc) is 3.16. The summed E-state index contributed by atoms with van der Waals surface area (Å²) in [5, 5.41) is 8.34. The van der Waals surface area contributed by atoms with Crippen LogP contribution in [0.5, 0.6) is 0 Å². The largest absolute Gasteiger partial charge is 0.411 e. The summed E-state index contributed by atoms with van der Waals surface area (Å²) in [7, 11) is -3.32. The molecule has 0 saturated carbocycles. The molecule has 8 nitrogen and oxygen atoms in total. The second-order valence-electron chi connectivity index (χ2n) is 6.68. The van der Waals surface area contributed by atoms with Gasteiger partial charge in [-0.2, -0.15) is 0 Å². The minimum absolute atomic E-state index is 0.00786. The zero-order chi connectivity index (χ0) is 20.1. The van der Waals surface area contributed by atoms with Gasteiger partial charge in [0.05, 0.1) is 11.5 Å². The van der Waals surface area contributed by atoms with Gasteiger partial charge in [0.15, 0.2) is 0 Å². The van der Waals surface area contributed by atoms with E-state index in [1.54, 1.807) is 31.2 Å². The van der Waals surface area contributed by atoms with Gasteiger partial charge in [-0.05, 0) is 57.4 Å². The highest BCUT2D eigenvalue weighted by molar-refractivity contribution is 7.99. The highest BCUT2D eigenvalue weighted by Crippen LogP contribution is 2.25. The molecule has 0 spiro atoms. The van der Waals surface area contributed by atoms with Crippen LogP contribution in [0.4, 0.5) is 5.69 Å². The van der Waals surface area contributed by atoms with Crippen molar-refractivity contribution in [2.24, 2.45) is 0 Å². The van der Waals surface area contributed by atoms with Crippen molar-refractivity contribution in [3.05, 3.63) is 24.3 Å². The highest BCUT2D eigenvalue weighted by atomic mass is 32.2. The lowest BCUT2D eigenvalue weighted by atomic mass is 10.0. The van der Waals surface area contributed by atoms with Crippen LogP contribution in [0.25, 0.3) is 11.5 Å². The van der Waals surface area contributed by atoms with E-state index in [9.17, 15) is 13.2 Å². The van der Waals surface area contributed by atoms with Gasteiger partial charge in [-0.15, -0.1) is 10.2 Å². The second-order valence-corrected chi connectivity index (χ2v) is 9.61. The summed E-state index contributed by atoms with van der Waals surface area (Å²) in [5.74, 6) is 0.688. The number of anilines is 1.